The zero-order valence-electron chi connectivity index (χ0n) is 11.4. The first kappa shape index (κ1) is 16.1. The van der Waals surface area contributed by atoms with E-state index in [1.54, 1.807) is 0 Å². The third-order valence-electron chi connectivity index (χ3n) is 3.49. The summed E-state index contributed by atoms with van der Waals surface area (Å²) in [5.41, 5.74) is 5.84. The zero-order chi connectivity index (χ0) is 15.3. The van der Waals surface area contributed by atoms with E-state index in [-0.39, 0.29) is 29.7 Å². The van der Waals surface area contributed by atoms with Gasteiger partial charge in [-0.15, -0.1) is 0 Å². The summed E-state index contributed by atoms with van der Waals surface area (Å²) in [6.07, 6.45) is 1.46. The number of benzene rings is 1. The van der Waals surface area contributed by atoms with Crippen molar-refractivity contribution in [2.24, 2.45) is 17.6 Å². The van der Waals surface area contributed by atoms with Crippen LogP contribution in [0.1, 0.15) is 25.3 Å². The number of hydrogen-bond acceptors (Lipinski definition) is 5. The van der Waals surface area contributed by atoms with Gasteiger partial charge in [-0.3, -0.25) is 4.79 Å². The Hall–Kier alpha value is -1.95. The van der Waals surface area contributed by atoms with Gasteiger partial charge in [0.15, 0.2) is 11.5 Å². The molecule has 0 radical (unpaired) electrons. The minimum Gasteiger partial charge on any atom is -0.508 e. The summed E-state index contributed by atoms with van der Waals surface area (Å²) in [7, 11) is 0. The summed E-state index contributed by atoms with van der Waals surface area (Å²) in [6.45, 7) is 1.98. The van der Waals surface area contributed by atoms with E-state index < -0.39 is 11.9 Å². The molecule has 6 heteroatoms. The first-order valence-electron chi connectivity index (χ1n) is 6.55. The number of phenols is 3. The molecular weight excluding hydrogens is 262 g/mol. The van der Waals surface area contributed by atoms with Crippen LogP contribution in [0.15, 0.2) is 12.1 Å². The molecule has 1 rings (SSSR count). The Bertz CT molecular complexity index is 475. The van der Waals surface area contributed by atoms with Crippen molar-refractivity contribution in [3.63, 3.8) is 0 Å². The average Bonchev–Trinajstić information content (AvgIpc) is 2.39. The molecule has 0 saturated carbocycles. The molecule has 0 aliphatic carbocycles. The normalized spacial score (nSPS) is 13.9. The molecule has 1 aromatic rings. The van der Waals surface area contributed by atoms with Gasteiger partial charge in [0, 0.05) is 18.2 Å². The SMILES string of the molecule is CCC(Cc1cc(O)cc(O)c1O)CC(CN)C(=O)O. The summed E-state index contributed by atoms with van der Waals surface area (Å²) >= 11 is 0. The first-order valence-corrected chi connectivity index (χ1v) is 6.55. The largest absolute Gasteiger partial charge is 0.508 e. The lowest BCUT2D eigenvalue weighted by Gasteiger charge is -2.19. The lowest BCUT2D eigenvalue weighted by molar-refractivity contribution is -0.142. The van der Waals surface area contributed by atoms with E-state index in [0.29, 0.717) is 24.8 Å². The fraction of sp³-hybridized carbons (Fsp3) is 0.500. The summed E-state index contributed by atoms with van der Waals surface area (Å²) in [6, 6.07) is 2.43. The second-order valence-electron chi connectivity index (χ2n) is 4.96. The predicted molar refractivity (Wildman–Crippen MR) is 73.7 cm³/mol. The topological polar surface area (TPSA) is 124 Å². The van der Waals surface area contributed by atoms with Crippen molar-refractivity contribution in [2.45, 2.75) is 26.2 Å². The average molecular weight is 283 g/mol. The van der Waals surface area contributed by atoms with Crippen LogP contribution < -0.4 is 5.73 Å². The van der Waals surface area contributed by atoms with Gasteiger partial charge in [0.2, 0.25) is 0 Å². The van der Waals surface area contributed by atoms with Crippen LogP contribution in [0.4, 0.5) is 0 Å². The van der Waals surface area contributed by atoms with E-state index in [2.05, 4.69) is 0 Å². The third kappa shape index (κ3) is 4.03. The Balaban J connectivity index is 2.86. The molecule has 0 aromatic heterocycles. The Kier molecular flexibility index (Phi) is 5.64. The lowest BCUT2D eigenvalue weighted by atomic mass is 9.87. The smallest absolute Gasteiger partial charge is 0.307 e. The number of carboxylic acid groups (broad SMARTS) is 1. The highest BCUT2D eigenvalue weighted by Gasteiger charge is 2.22. The Morgan fingerprint density at radius 3 is 2.45 bits per heavy atom. The van der Waals surface area contributed by atoms with Gasteiger partial charge in [0.1, 0.15) is 5.75 Å². The monoisotopic (exact) mass is 283 g/mol. The Morgan fingerprint density at radius 1 is 1.30 bits per heavy atom. The van der Waals surface area contributed by atoms with Crippen LogP contribution in [-0.2, 0) is 11.2 Å². The van der Waals surface area contributed by atoms with E-state index in [1.165, 1.54) is 6.07 Å². The van der Waals surface area contributed by atoms with Crippen molar-refractivity contribution >= 4 is 5.97 Å². The van der Waals surface area contributed by atoms with Gasteiger partial charge in [-0.1, -0.05) is 13.3 Å². The number of aromatic hydroxyl groups is 3. The molecule has 1 aromatic carbocycles. The lowest BCUT2D eigenvalue weighted by Crippen LogP contribution is -2.26. The molecule has 0 fully saturated rings. The van der Waals surface area contributed by atoms with Gasteiger partial charge in [0.05, 0.1) is 5.92 Å². The van der Waals surface area contributed by atoms with Crippen molar-refractivity contribution in [3.05, 3.63) is 17.7 Å². The summed E-state index contributed by atoms with van der Waals surface area (Å²) in [5.74, 6) is -2.38. The number of carbonyl (C=O) groups is 1. The van der Waals surface area contributed by atoms with Crippen LogP contribution in [0.2, 0.25) is 0 Å². The van der Waals surface area contributed by atoms with Crippen molar-refractivity contribution in [1.82, 2.24) is 0 Å². The van der Waals surface area contributed by atoms with Gasteiger partial charge < -0.3 is 26.2 Å². The standard InChI is InChI=1S/C14H21NO5/c1-2-8(4-10(7-15)14(19)20)3-9-5-11(16)6-12(17)13(9)18/h5-6,8,10,16-18H,2-4,7,15H2,1H3,(H,19,20). The van der Waals surface area contributed by atoms with Crippen molar-refractivity contribution in [3.8, 4) is 17.2 Å². The molecule has 0 amide bonds. The van der Waals surface area contributed by atoms with Crippen LogP contribution in [0, 0.1) is 11.8 Å². The molecule has 0 heterocycles. The van der Waals surface area contributed by atoms with E-state index in [9.17, 15) is 20.1 Å². The molecule has 2 unspecified atom stereocenters. The highest BCUT2D eigenvalue weighted by atomic mass is 16.4. The molecule has 0 bridgehead atoms. The van der Waals surface area contributed by atoms with Gasteiger partial charge in [-0.05, 0) is 24.8 Å². The van der Waals surface area contributed by atoms with Crippen LogP contribution >= 0.6 is 0 Å². The quantitative estimate of drug-likeness (QED) is 0.381. The van der Waals surface area contributed by atoms with Crippen LogP contribution in [0.3, 0.4) is 0 Å². The number of phenolic OH excluding ortho intramolecular Hbond substituents is 3. The Labute approximate surface area is 117 Å². The molecular formula is C14H21NO5. The molecule has 6 N–H and O–H groups in total. The van der Waals surface area contributed by atoms with Crippen molar-refractivity contribution < 1.29 is 25.2 Å². The molecule has 6 nitrogen and oxygen atoms in total. The summed E-state index contributed by atoms with van der Waals surface area (Å²) < 4.78 is 0. The van der Waals surface area contributed by atoms with Gasteiger partial charge in [-0.25, -0.2) is 0 Å². The molecule has 2 atom stereocenters. The van der Waals surface area contributed by atoms with Crippen LogP contribution in [0.25, 0.3) is 0 Å². The summed E-state index contributed by atoms with van der Waals surface area (Å²) in [4.78, 5) is 11.0. The van der Waals surface area contributed by atoms with Crippen molar-refractivity contribution in [1.29, 1.82) is 0 Å². The molecule has 0 spiro atoms. The second-order valence-corrected chi connectivity index (χ2v) is 4.96. The highest BCUT2D eigenvalue weighted by molar-refractivity contribution is 5.70. The molecule has 20 heavy (non-hydrogen) atoms. The van der Waals surface area contributed by atoms with Crippen molar-refractivity contribution in [2.75, 3.05) is 6.54 Å². The number of nitrogens with two attached hydrogens (primary N) is 1. The number of rotatable bonds is 7. The van der Waals surface area contributed by atoms with Crippen LogP contribution in [-0.4, -0.2) is 32.9 Å². The summed E-state index contributed by atoms with van der Waals surface area (Å²) in [5, 5.41) is 37.7. The van der Waals surface area contributed by atoms with Gasteiger partial charge in [-0.2, -0.15) is 0 Å². The number of hydrogen-bond donors (Lipinski definition) is 5. The van der Waals surface area contributed by atoms with E-state index >= 15 is 0 Å². The minimum absolute atomic E-state index is 0.00764. The minimum atomic E-state index is -0.936. The zero-order valence-corrected chi connectivity index (χ0v) is 11.4. The molecule has 0 saturated heterocycles. The molecule has 112 valence electrons. The number of carboxylic acids is 1. The van der Waals surface area contributed by atoms with Gasteiger partial charge in [0.25, 0.3) is 0 Å². The maximum absolute atomic E-state index is 11.0. The van der Waals surface area contributed by atoms with E-state index in [1.807, 2.05) is 6.92 Å². The third-order valence-corrected chi connectivity index (χ3v) is 3.49. The maximum atomic E-state index is 11.0. The van der Waals surface area contributed by atoms with E-state index in [4.69, 9.17) is 10.8 Å². The Morgan fingerprint density at radius 2 is 1.95 bits per heavy atom. The molecule has 0 aliphatic heterocycles. The highest BCUT2D eigenvalue weighted by Crippen LogP contribution is 2.35. The van der Waals surface area contributed by atoms with Crippen LogP contribution in [0.5, 0.6) is 17.2 Å². The first-order chi connectivity index (χ1) is 9.38. The molecule has 0 aliphatic rings. The van der Waals surface area contributed by atoms with E-state index in [0.717, 1.165) is 6.07 Å². The fourth-order valence-corrected chi connectivity index (χ4v) is 2.22. The maximum Gasteiger partial charge on any atom is 0.307 e. The second kappa shape index (κ2) is 7.00. The number of aliphatic carboxylic acids is 1. The fourth-order valence-electron chi connectivity index (χ4n) is 2.22. The van der Waals surface area contributed by atoms with Gasteiger partial charge >= 0.3 is 5.97 Å². The predicted octanol–water partition coefficient (Wildman–Crippen LogP) is 1.42.